The molecule has 20 nitrogen and oxygen atoms in total. The van der Waals surface area contributed by atoms with Gasteiger partial charge >= 0.3 is 5.97 Å². The topological polar surface area (TPSA) is 364 Å². The van der Waals surface area contributed by atoms with Gasteiger partial charge in [0.2, 0.25) is 23.6 Å². The minimum absolute atomic E-state index is 0.165. The number of unbranched alkanes of at least 4 members (excludes halogenated alkanes) is 5. The first-order chi connectivity index (χ1) is 30.4. The molecule has 16 N–H and O–H groups in total. The van der Waals surface area contributed by atoms with Gasteiger partial charge in [-0.15, -0.1) is 0 Å². The summed E-state index contributed by atoms with van der Waals surface area (Å²) in [7, 11) is 0. The molecular weight excluding hydrogens is 831 g/mol. The highest BCUT2D eigenvalue weighted by molar-refractivity contribution is 5.96. The molecule has 64 heavy (non-hydrogen) atoms. The summed E-state index contributed by atoms with van der Waals surface area (Å²) in [5.41, 5.74) is 27.9. The summed E-state index contributed by atoms with van der Waals surface area (Å²) < 4.78 is 5.40. The van der Waals surface area contributed by atoms with E-state index in [9.17, 15) is 48.6 Å². The van der Waals surface area contributed by atoms with Crippen LogP contribution in [-0.2, 0) is 43.1 Å². The number of Topliss-reactive ketones (excluding diaryl/α,β-unsaturated/α-hetero) is 3. The molecule has 0 radical (unpaired) electrons. The highest BCUT2D eigenvalue weighted by Gasteiger charge is 2.34. The molecule has 370 valence electrons. The Bertz CT molecular complexity index is 1410. The van der Waals surface area contributed by atoms with E-state index in [2.05, 4.69) is 21.3 Å². The van der Waals surface area contributed by atoms with Crippen molar-refractivity contribution < 1.29 is 53.3 Å². The van der Waals surface area contributed by atoms with E-state index in [0.29, 0.717) is 96.9 Å². The third-order valence-corrected chi connectivity index (χ3v) is 10.7. The molecule has 0 aromatic heterocycles. The second kappa shape index (κ2) is 35.4. The Labute approximate surface area is 379 Å². The number of nitrogens with two attached hydrogens (primary N) is 5. The minimum atomic E-state index is -1.23. The third kappa shape index (κ3) is 28.1. The molecule has 0 spiro atoms. The Morgan fingerprint density at radius 1 is 0.516 bits per heavy atom. The zero-order valence-corrected chi connectivity index (χ0v) is 38.8. The van der Waals surface area contributed by atoms with Crippen LogP contribution in [0.3, 0.4) is 0 Å². The molecular formula is C44H83N9O11. The van der Waals surface area contributed by atoms with Gasteiger partial charge in [-0.25, -0.2) is 4.79 Å². The van der Waals surface area contributed by atoms with Gasteiger partial charge in [-0.2, -0.15) is 0 Å². The average Bonchev–Trinajstić information content (AvgIpc) is 3.24. The van der Waals surface area contributed by atoms with E-state index in [-0.39, 0.29) is 51.6 Å². The number of rotatable bonds is 40. The van der Waals surface area contributed by atoms with E-state index in [4.69, 9.17) is 33.4 Å². The molecule has 0 unspecified atom stereocenters. The maximum atomic E-state index is 14.1. The Balaban J connectivity index is 6.29. The van der Waals surface area contributed by atoms with Gasteiger partial charge in [0.25, 0.3) is 0 Å². The van der Waals surface area contributed by atoms with Crippen molar-refractivity contribution in [3.05, 3.63) is 0 Å². The van der Waals surface area contributed by atoms with Crippen molar-refractivity contribution in [3.8, 4) is 0 Å². The van der Waals surface area contributed by atoms with E-state index < -0.39 is 108 Å². The number of hydrogen-bond donors (Lipinski definition) is 11. The number of amides is 4. The fraction of sp³-hybridized carbons (Fsp3) is 0.818. The van der Waals surface area contributed by atoms with Gasteiger partial charge in [0.1, 0.15) is 12.6 Å². The summed E-state index contributed by atoms with van der Waals surface area (Å²) >= 11 is 0. The van der Waals surface area contributed by atoms with Crippen LogP contribution in [0.2, 0.25) is 0 Å². The predicted octanol–water partition coefficient (Wildman–Crippen LogP) is -0.180. The highest BCUT2D eigenvalue weighted by atomic mass is 16.5. The van der Waals surface area contributed by atoms with Crippen LogP contribution in [0.5, 0.6) is 0 Å². The van der Waals surface area contributed by atoms with Crippen molar-refractivity contribution in [2.45, 2.75) is 160 Å². The fourth-order valence-corrected chi connectivity index (χ4v) is 6.84. The largest absolute Gasteiger partial charge is 0.480 e. The maximum Gasteiger partial charge on any atom is 0.326 e. The number of hydrogen-bond acceptors (Lipinski definition) is 15. The van der Waals surface area contributed by atoms with Crippen molar-refractivity contribution in [3.63, 3.8) is 0 Å². The lowest BCUT2D eigenvalue weighted by Crippen LogP contribution is -2.48. The second-order valence-corrected chi connectivity index (χ2v) is 17.5. The Morgan fingerprint density at radius 2 is 0.875 bits per heavy atom. The summed E-state index contributed by atoms with van der Waals surface area (Å²) in [5.74, 6) is -8.15. The van der Waals surface area contributed by atoms with E-state index in [1.807, 2.05) is 0 Å². The molecule has 0 saturated carbocycles. The zero-order valence-electron chi connectivity index (χ0n) is 38.8. The SMILES string of the molecule is CC(C)(C)OCC(=O)NCC(=O)C[C@@H](CO)C(=O)N[C@@H](CCCCN)C(=O)C[C@@H](CCCCN)C(=O)N[C@@H](CCCCN)C(=O)C[C@@H](CCCCN)C(=O)N[C@@H](CCCCN)C(=O)O. The van der Waals surface area contributed by atoms with E-state index in [1.54, 1.807) is 20.8 Å². The van der Waals surface area contributed by atoms with Crippen molar-refractivity contribution in [2.24, 2.45) is 46.4 Å². The first-order valence-electron chi connectivity index (χ1n) is 23.1. The van der Waals surface area contributed by atoms with Crippen LogP contribution >= 0.6 is 0 Å². The van der Waals surface area contributed by atoms with Crippen LogP contribution in [0, 0.1) is 17.8 Å². The summed E-state index contributed by atoms with van der Waals surface area (Å²) in [5, 5.41) is 30.4. The molecule has 4 amide bonds. The van der Waals surface area contributed by atoms with Crippen LogP contribution in [0.4, 0.5) is 0 Å². The van der Waals surface area contributed by atoms with Gasteiger partial charge in [0.05, 0.1) is 36.8 Å². The van der Waals surface area contributed by atoms with Crippen LogP contribution in [0.25, 0.3) is 0 Å². The van der Waals surface area contributed by atoms with Gasteiger partial charge in [-0.05, 0) is 137 Å². The smallest absolute Gasteiger partial charge is 0.326 e. The van der Waals surface area contributed by atoms with Gasteiger partial charge in [-0.1, -0.05) is 12.8 Å². The number of nitrogens with one attached hydrogen (secondary N) is 4. The molecule has 6 atom stereocenters. The fourth-order valence-electron chi connectivity index (χ4n) is 6.84. The van der Waals surface area contributed by atoms with Crippen LogP contribution < -0.4 is 49.9 Å². The van der Waals surface area contributed by atoms with Crippen molar-refractivity contribution in [1.29, 1.82) is 0 Å². The number of carbonyl (C=O) groups excluding carboxylic acids is 7. The molecule has 0 aromatic rings. The second-order valence-electron chi connectivity index (χ2n) is 17.5. The molecule has 20 heteroatoms. The van der Waals surface area contributed by atoms with Gasteiger partial charge < -0.3 is 64.9 Å². The quantitative estimate of drug-likeness (QED) is 0.0355. The molecule has 0 bridgehead atoms. The first kappa shape index (κ1) is 60.1. The zero-order chi connectivity index (χ0) is 48.5. The maximum absolute atomic E-state index is 14.1. The van der Waals surface area contributed by atoms with Crippen LogP contribution in [0.1, 0.15) is 136 Å². The molecule has 0 aliphatic carbocycles. The first-order valence-corrected chi connectivity index (χ1v) is 23.1. The van der Waals surface area contributed by atoms with Crippen LogP contribution in [-0.4, -0.2) is 133 Å². The molecule has 0 aromatic carbocycles. The van der Waals surface area contributed by atoms with E-state index in [1.165, 1.54) is 0 Å². The summed E-state index contributed by atoms with van der Waals surface area (Å²) in [6.45, 7) is 5.66. The van der Waals surface area contributed by atoms with Crippen molar-refractivity contribution in [1.82, 2.24) is 21.3 Å². The van der Waals surface area contributed by atoms with Crippen molar-refractivity contribution in [2.75, 3.05) is 52.5 Å². The van der Waals surface area contributed by atoms with Crippen LogP contribution in [0.15, 0.2) is 0 Å². The van der Waals surface area contributed by atoms with Crippen molar-refractivity contribution >= 4 is 46.9 Å². The number of aliphatic carboxylic acids is 1. The lowest BCUT2D eigenvalue weighted by molar-refractivity contribution is -0.143. The summed E-state index contributed by atoms with van der Waals surface area (Å²) in [4.78, 5) is 106. The minimum Gasteiger partial charge on any atom is -0.480 e. The number of carboxylic acids is 1. The predicted molar refractivity (Wildman–Crippen MR) is 243 cm³/mol. The monoisotopic (exact) mass is 914 g/mol. The third-order valence-electron chi connectivity index (χ3n) is 10.7. The molecule has 0 fully saturated rings. The normalized spacial score (nSPS) is 14.3. The highest BCUT2D eigenvalue weighted by Crippen LogP contribution is 2.21. The molecule has 0 aliphatic heterocycles. The van der Waals surface area contributed by atoms with E-state index >= 15 is 0 Å². The molecule has 0 heterocycles. The number of carbonyl (C=O) groups is 8. The number of ketones is 3. The number of ether oxygens (including phenoxy) is 1. The lowest BCUT2D eigenvalue weighted by Gasteiger charge is -2.26. The van der Waals surface area contributed by atoms with E-state index in [0.717, 1.165) is 0 Å². The number of aliphatic hydroxyl groups is 1. The van der Waals surface area contributed by atoms with Gasteiger partial charge in [0.15, 0.2) is 17.3 Å². The Hall–Kier alpha value is -3.92. The summed E-state index contributed by atoms with van der Waals surface area (Å²) in [6, 6.07) is -3.31. The average molecular weight is 914 g/mol. The summed E-state index contributed by atoms with van der Waals surface area (Å²) in [6.07, 6.45) is 5.17. The number of carboxylic acid groups (broad SMARTS) is 1. The standard InChI is InChI=1S/C44H83N9O11/c1-44(2,3)64-29-39(58)50-27-33(55)24-32(28-54)42(61)52-35(17-7-12-22-48)38(57)25-30(14-4-9-19-45)40(59)51-34(16-6-11-21-47)37(56)26-31(15-5-10-20-46)41(60)53-36(43(62)63)18-8-13-23-49/h30-32,34-36,54H,4-29,45-49H2,1-3H3,(H,50,58)(H,51,59)(H,52,61)(H,53,60)(H,62,63)/t30-,31-,32+,34+,35+,36+/m1/s1. The molecule has 0 aliphatic rings. The van der Waals surface area contributed by atoms with Gasteiger partial charge in [-0.3, -0.25) is 33.6 Å². The number of aliphatic hydroxyl groups excluding tert-OH is 1. The Morgan fingerprint density at radius 3 is 1.23 bits per heavy atom. The Kier molecular flexibility index (Phi) is 33.2. The van der Waals surface area contributed by atoms with Gasteiger partial charge in [0, 0.05) is 31.1 Å². The lowest BCUT2D eigenvalue weighted by atomic mass is 9.88. The molecule has 0 saturated heterocycles. The molecule has 0 rings (SSSR count).